The van der Waals surface area contributed by atoms with Crippen LogP contribution in [0.1, 0.15) is 27.0 Å². The Labute approximate surface area is 159 Å². The van der Waals surface area contributed by atoms with E-state index in [0.29, 0.717) is 5.69 Å². The van der Waals surface area contributed by atoms with E-state index in [9.17, 15) is 19.5 Å². The Morgan fingerprint density at radius 1 is 1.14 bits per heavy atom. The van der Waals surface area contributed by atoms with E-state index in [-0.39, 0.29) is 16.8 Å². The molecule has 0 unspecified atom stereocenters. The number of aliphatic imine (C=N–C) groups is 1. The summed E-state index contributed by atoms with van der Waals surface area (Å²) in [6.45, 7) is 3.68. The Morgan fingerprint density at radius 3 is 2.57 bits per heavy atom. The lowest BCUT2D eigenvalue weighted by Gasteiger charge is -2.12. The maximum atomic E-state index is 12.3. The average molecular weight is 379 g/mol. The second kappa shape index (κ2) is 7.36. The maximum absolute atomic E-state index is 12.3. The fourth-order valence-electron chi connectivity index (χ4n) is 2.79. The van der Waals surface area contributed by atoms with E-state index < -0.39 is 23.1 Å². The number of rotatable bonds is 4. The monoisotopic (exact) mass is 379 g/mol. The highest BCUT2D eigenvalue weighted by atomic mass is 16.4. The minimum Gasteiger partial charge on any atom is -0.493 e. The summed E-state index contributed by atoms with van der Waals surface area (Å²) in [6, 6.07) is 11.1. The van der Waals surface area contributed by atoms with Gasteiger partial charge in [-0.15, -0.1) is 0 Å². The number of nitrogens with zero attached hydrogens (tertiary/aromatic N) is 2. The van der Waals surface area contributed by atoms with Crippen LogP contribution in [0.5, 0.6) is 5.88 Å². The molecule has 0 saturated carbocycles. The standard InChI is InChI=1S/C20H17N3O5/c1-11-6-7-16(12(2)8-11)23-18(25)15(17(24)22-20(23)28)10-21-14-5-3-4-13(9-14)19(26)27/h3-10,25H,1-2H3,(H,26,27)(H,22,24,28). The molecule has 3 rings (SSSR count). The van der Waals surface area contributed by atoms with E-state index in [1.54, 1.807) is 25.1 Å². The zero-order valence-electron chi connectivity index (χ0n) is 15.1. The van der Waals surface area contributed by atoms with E-state index in [0.717, 1.165) is 21.9 Å². The maximum Gasteiger partial charge on any atom is 0.335 e. The number of benzene rings is 2. The lowest BCUT2D eigenvalue weighted by molar-refractivity contribution is 0.0697. The normalized spacial score (nSPS) is 11.1. The van der Waals surface area contributed by atoms with Crippen LogP contribution in [0.15, 0.2) is 57.0 Å². The second-order valence-corrected chi connectivity index (χ2v) is 6.24. The predicted octanol–water partition coefficient (Wildman–Crippen LogP) is 2.30. The Balaban J connectivity index is 2.13. The molecule has 1 aromatic heterocycles. The third-order valence-electron chi connectivity index (χ3n) is 4.15. The molecule has 0 aliphatic rings. The molecule has 3 aromatic rings. The Kier molecular flexibility index (Phi) is 4.95. The Hall–Kier alpha value is -3.94. The van der Waals surface area contributed by atoms with E-state index >= 15 is 0 Å². The quantitative estimate of drug-likeness (QED) is 0.600. The number of aromatic amines is 1. The summed E-state index contributed by atoms with van der Waals surface area (Å²) in [5.74, 6) is -1.67. The average Bonchev–Trinajstić information content (AvgIpc) is 2.63. The highest BCUT2D eigenvalue weighted by Gasteiger charge is 2.15. The molecule has 0 spiro atoms. The number of carbonyl (C=O) groups is 1. The van der Waals surface area contributed by atoms with Crippen molar-refractivity contribution in [3.63, 3.8) is 0 Å². The molecule has 0 fully saturated rings. The van der Waals surface area contributed by atoms with Gasteiger partial charge in [-0.1, -0.05) is 23.8 Å². The van der Waals surface area contributed by atoms with Gasteiger partial charge in [-0.3, -0.25) is 14.8 Å². The molecule has 2 aromatic carbocycles. The summed E-state index contributed by atoms with van der Waals surface area (Å²) < 4.78 is 0.991. The van der Waals surface area contributed by atoms with Crippen LogP contribution in [0.25, 0.3) is 5.69 Å². The minimum absolute atomic E-state index is 0.0352. The topological polar surface area (TPSA) is 125 Å². The molecular formula is C20H17N3O5. The van der Waals surface area contributed by atoms with Crippen LogP contribution in [0.4, 0.5) is 5.69 Å². The minimum atomic E-state index is -1.11. The number of hydrogen-bond donors (Lipinski definition) is 3. The van der Waals surface area contributed by atoms with Gasteiger partial charge in [0.1, 0.15) is 5.56 Å². The molecule has 8 nitrogen and oxygen atoms in total. The Bertz CT molecular complexity index is 1220. The lowest BCUT2D eigenvalue weighted by Crippen LogP contribution is -2.31. The van der Waals surface area contributed by atoms with E-state index in [2.05, 4.69) is 9.98 Å². The fraction of sp³-hybridized carbons (Fsp3) is 0.100. The number of aryl methyl sites for hydroxylation is 2. The van der Waals surface area contributed by atoms with E-state index in [1.807, 2.05) is 13.0 Å². The Morgan fingerprint density at radius 2 is 1.89 bits per heavy atom. The number of carboxylic acids is 1. The highest BCUT2D eigenvalue weighted by Crippen LogP contribution is 2.20. The number of nitrogens with one attached hydrogen (secondary N) is 1. The van der Waals surface area contributed by atoms with Crippen molar-refractivity contribution in [1.29, 1.82) is 0 Å². The molecule has 142 valence electrons. The smallest absolute Gasteiger partial charge is 0.335 e. The van der Waals surface area contributed by atoms with Crippen molar-refractivity contribution >= 4 is 17.9 Å². The van der Waals surface area contributed by atoms with Gasteiger partial charge in [0, 0.05) is 6.21 Å². The number of hydrogen-bond acceptors (Lipinski definition) is 5. The van der Waals surface area contributed by atoms with Crippen molar-refractivity contribution in [3.8, 4) is 11.6 Å². The summed E-state index contributed by atoms with van der Waals surface area (Å²) in [6.07, 6.45) is 1.09. The molecule has 0 aliphatic heterocycles. The van der Waals surface area contributed by atoms with Crippen LogP contribution >= 0.6 is 0 Å². The van der Waals surface area contributed by atoms with Crippen molar-refractivity contribution in [3.05, 3.63) is 85.6 Å². The number of carboxylic acid groups (broad SMARTS) is 1. The van der Waals surface area contributed by atoms with Gasteiger partial charge in [0.2, 0.25) is 5.88 Å². The van der Waals surface area contributed by atoms with Gasteiger partial charge in [0.15, 0.2) is 0 Å². The van der Waals surface area contributed by atoms with Crippen molar-refractivity contribution in [1.82, 2.24) is 9.55 Å². The summed E-state index contributed by atoms with van der Waals surface area (Å²) in [7, 11) is 0. The lowest BCUT2D eigenvalue weighted by atomic mass is 10.1. The first kappa shape index (κ1) is 18.8. The number of aromatic carboxylic acids is 1. The van der Waals surface area contributed by atoms with Gasteiger partial charge in [0.05, 0.1) is 16.9 Å². The van der Waals surface area contributed by atoms with Crippen molar-refractivity contribution in [2.45, 2.75) is 13.8 Å². The first-order valence-corrected chi connectivity index (χ1v) is 8.31. The molecule has 0 radical (unpaired) electrons. The third-order valence-corrected chi connectivity index (χ3v) is 4.15. The van der Waals surface area contributed by atoms with Crippen LogP contribution in [0, 0.1) is 13.8 Å². The zero-order chi connectivity index (χ0) is 20.4. The fourth-order valence-corrected chi connectivity index (χ4v) is 2.79. The van der Waals surface area contributed by atoms with Crippen LogP contribution in [0.2, 0.25) is 0 Å². The largest absolute Gasteiger partial charge is 0.493 e. The van der Waals surface area contributed by atoms with Crippen LogP contribution in [-0.4, -0.2) is 31.9 Å². The first-order valence-electron chi connectivity index (χ1n) is 8.31. The second-order valence-electron chi connectivity index (χ2n) is 6.24. The molecule has 28 heavy (non-hydrogen) atoms. The molecule has 3 N–H and O–H groups in total. The van der Waals surface area contributed by atoms with Crippen LogP contribution < -0.4 is 11.2 Å². The van der Waals surface area contributed by atoms with Gasteiger partial charge in [-0.05, 0) is 43.7 Å². The number of aromatic nitrogens is 2. The van der Waals surface area contributed by atoms with Crippen LogP contribution in [-0.2, 0) is 0 Å². The van der Waals surface area contributed by atoms with Crippen molar-refractivity contribution in [2.75, 3.05) is 0 Å². The summed E-state index contributed by atoms with van der Waals surface area (Å²) in [5.41, 5.74) is 0.657. The van der Waals surface area contributed by atoms with Gasteiger partial charge in [-0.25, -0.2) is 14.2 Å². The predicted molar refractivity (Wildman–Crippen MR) is 104 cm³/mol. The van der Waals surface area contributed by atoms with E-state index in [1.165, 1.54) is 18.2 Å². The molecule has 0 aliphatic carbocycles. The molecule has 8 heteroatoms. The molecule has 0 amide bonds. The highest BCUT2D eigenvalue weighted by molar-refractivity contribution is 5.89. The first-order chi connectivity index (χ1) is 13.3. The molecule has 0 saturated heterocycles. The number of H-pyrrole nitrogens is 1. The van der Waals surface area contributed by atoms with Gasteiger partial charge >= 0.3 is 11.7 Å². The third kappa shape index (κ3) is 3.61. The molecular weight excluding hydrogens is 362 g/mol. The molecule has 1 heterocycles. The number of aromatic hydroxyl groups is 1. The van der Waals surface area contributed by atoms with E-state index in [4.69, 9.17) is 5.11 Å². The molecule has 0 atom stereocenters. The summed E-state index contributed by atoms with van der Waals surface area (Å²) in [5, 5.41) is 19.6. The summed E-state index contributed by atoms with van der Waals surface area (Å²) in [4.78, 5) is 41.7. The van der Waals surface area contributed by atoms with Crippen molar-refractivity contribution in [2.24, 2.45) is 4.99 Å². The van der Waals surface area contributed by atoms with Gasteiger partial charge in [0.25, 0.3) is 5.56 Å². The van der Waals surface area contributed by atoms with Crippen LogP contribution in [0.3, 0.4) is 0 Å². The SMILES string of the molecule is Cc1ccc(-n2c(O)c(C=Nc3cccc(C(=O)O)c3)c(=O)[nH]c2=O)c(C)c1. The van der Waals surface area contributed by atoms with Gasteiger partial charge < -0.3 is 10.2 Å². The summed E-state index contributed by atoms with van der Waals surface area (Å²) >= 11 is 0. The van der Waals surface area contributed by atoms with Gasteiger partial charge in [-0.2, -0.15) is 0 Å². The van der Waals surface area contributed by atoms with Crippen molar-refractivity contribution < 1.29 is 15.0 Å². The zero-order valence-corrected chi connectivity index (χ0v) is 15.1. The molecule has 0 bridgehead atoms.